The predicted molar refractivity (Wildman–Crippen MR) is 82.1 cm³/mol. The molecule has 1 aliphatic heterocycles. The van der Waals surface area contributed by atoms with E-state index in [-0.39, 0.29) is 0 Å². The zero-order valence-corrected chi connectivity index (χ0v) is 12.5. The van der Waals surface area contributed by atoms with Crippen molar-refractivity contribution in [2.75, 3.05) is 6.54 Å². The van der Waals surface area contributed by atoms with Crippen molar-refractivity contribution in [1.29, 1.82) is 0 Å². The van der Waals surface area contributed by atoms with E-state index in [9.17, 15) is 0 Å². The third kappa shape index (κ3) is 2.60. The van der Waals surface area contributed by atoms with Crippen LogP contribution in [0.4, 0.5) is 0 Å². The van der Waals surface area contributed by atoms with Gasteiger partial charge in [-0.25, -0.2) is 0 Å². The molecule has 0 saturated carbocycles. The van der Waals surface area contributed by atoms with Crippen molar-refractivity contribution < 1.29 is 0 Å². The summed E-state index contributed by atoms with van der Waals surface area (Å²) >= 11 is 6.32. The highest BCUT2D eigenvalue weighted by molar-refractivity contribution is 6.31. The lowest BCUT2D eigenvalue weighted by atomic mass is 9.87. The molecule has 0 bridgehead atoms. The summed E-state index contributed by atoms with van der Waals surface area (Å²) in [6.07, 6.45) is 3.79. The van der Waals surface area contributed by atoms with E-state index in [2.05, 4.69) is 46.3 Å². The van der Waals surface area contributed by atoms with Crippen LogP contribution in [0.3, 0.4) is 0 Å². The second kappa shape index (κ2) is 5.98. The summed E-state index contributed by atoms with van der Waals surface area (Å²) in [5.41, 5.74) is 4.02. The highest BCUT2D eigenvalue weighted by atomic mass is 35.5. The lowest BCUT2D eigenvalue weighted by Crippen LogP contribution is -2.29. The molecule has 1 N–H and O–H groups in total. The molecule has 0 spiro atoms. The molecule has 0 saturated heterocycles. The SMILES string of the molecule is CCCn1ncc(Cl)c1CC1CNCc2ccccc21. The van der Waals surface area contributed by atoms with Crippen molar-refractivity contribution in [3.8, 4) is 0 Å². The van der Waals surface area contributed by atoms with E-state index in [4.69, 9.17) is 11.6 Å². The van der Waals surface area contributed by atoms with Gasteiger partial charge in [-0.3, -0.25) is 4.68 Å². The van der Waals surface area contributed by atoms with E-state index < -0.39 is 0 Å². The van der Waals surface area contributed by atoms with Crippen LogP contribution in [0.1, 0.15) is 36.1 Å². The maximum atomic E-state index is 6.32. The molecule has 3 nitrogen and oxygen atoms in total. The van der Waals surface area contributed by atoms with Crippen LogP contribution in [0.25, 0.3) is 0 Å². The molecule has 106 valence electrons. The van der Waals surface area contributed by atoms with E-state index in [0.717, 1.165) is 43.2 Å². The molecule has 2 aromatic rings. The van der Waals surface area contributed by atoms with Gasteiger partial charge in [-0.2, -0.15) is 5.10 Å². The van der Waals surface area contributed by atoms with Gasteiger partial charge in [-0.15, -0.1) is 0 Å². The van der Waals surface area contributed by atoms with Gasteiger partial charge < -0.3 is 5.32 Å². The number of hydrogen-bond donors (Lipinski definition) is 1. The fraction of sp³-hybridized carbons (Fsp3) is 0.438. The molecule has 4 heteroatoms. The van der Waals surface area contributed by atoms with Gasteiger partial charge in [0.25, 0.3) is 0 Å². The van der Waals surface area contributed by atoms with Crippen molar-refractivity contribution in [1.82, 2.24) is 15.1 Å². The first-order chi connectivity index (χ1) is 9.79. The Bertz CT molecular complexity index is 591. The Morgan fingerprint density at radius 1 is 1.40 bits per heavy atom. The van der Waals surface area contributed by atoms with Crippen LogP contribution in [-0.2, 0) is 19.5 Å². The van der Waals surface area contributed by atoms with E-state index in [0.29, 0.717) is 5.92 Å². The molecular weight excluding hydrogens is 270 g/mol. The Hall–Kier alpha value is -1.32. The molecule has 3 rings (SSSR count). The summed E-state index contributed by atoms with van der Waals surface area (Å²) < 4.78 is 2.06. The average molecular weight is 290 g/mol. The van der Waals surface area contributed by atoms with Gasteiger partial charge in [-0.05, 0) is 24.0 Å². The summed E-state index contributed by atoms with van der Waals surface area (Å²) in [4.78, 5) is 0. The van der Waals surface area contributed by atoms with Gasteiger partial charge in [-0.1, -0.05) is 42.8 Å². The second-order valence-electron chi connectivity index (χ2n) is 5.39. The Labute approximate surface area is 124 Å². The molecule has 0 aliphatic carbocycles. The number of fused-ring (bicyclic) bond motifs is 1. The summed E-state index contributed by atoms with van der Waals surface area (Å²) in [6.45, 7) is 5.07. The fourth-order valence-electron chi connectivity index (χ4n) is 3.00. The highest BCUT2D eigenvalue weighted by Crippen LogP contribution is 2.29. The van der Waals surface area contributed by atoms with Crippen LogP contribution in [0.5, 0.6) is 0 Å². The predicted octanol–water partition coefficient (Wildman–Crippen LogP) is 3.38. The van der Waals surface area contributed by atoms with Gasteiger partial charge >= 0.3 is 0 Å². The van der Waals surface area contributed by atoms with Crippen LogP contribution < -0.4 is 5.32 Å². The number of rotatable bonds is 4. The quantitative estimate of drug-likeness (QED) is 0.935. The monoisotopic (exact) mass is 289 g/mol. The number of halogens is 1. The molecule has 0 radical (unpaired) electrons. The van der Waals surface area contributed by atoms with Crippen LogP contribution >= 0.6 is 11.6 Å². The smallest absolute Gasteiger partial charge is 0.0818 e. The number of aryl methyl sites for hydroxylation is 1. The summed E-state index contributed by atoms with van der Waals surface area (Å²) in [5.74, 6) is 0.477. The first kappa shape index (κ1) is 13.7. The Morgan fingerprint density at radius 2 is 2.25 bits per heavy atom. The van der Waals surface area contributed by atoms with Crippen molar-refractivity contribution in [3.05, 3.63) is 52.3 Å². The lowest BCUT2D eigenvalue weighted by molar-refractivity contribution is 0.506. The van der Waals surface area contributed by atoms with Crippen molar-refractivity contribution in [2.24, 2.45) is 0 Å². The van der Waals surface area contributed by atoms with Crippen LogP contribution in [-0.4, -0.2) is 16.3 Å². The highest BCUT2D eigenvalue weighted by Gasteiger charge is 2.22. The standard InChI is InChI=1S/C16H20ClN3/c1-2-7-20-16(15(17)11-19-20)8-13-10-18-9-12-5-3-4-6-14(12)13/h3-6,11,13,18H,2,7-10H2,1H3. The van der Waals surface area contributed by atoms with Gasteiger partial charge in [0.1, 0.15) is 0 Å². The minimum Gasteiger partial charge on any atom is -0.312 e. The maximum absolute atomic E-state index is 6.32. The molecule has 1 aliphatic rings. The van der Waals surface area contributed by atoms with Crippen molar-refractivity contribution in [2.45, 2.75) is 38.8 Å². The Morgan fingerprint density at radius 3 is 3.10 bits per heavy atom. The second-order valence-corrected chi connectivity index (χ2v) is 5.80. The molecule has 2 heterocycles. The summed E-state index contributed by atoms with van der Waals surface area (Å²) in [6, 6.07) is 8.69. The molecule has 1 atom stereocenters. The number of aromatic nitrogens is 2. The van der Waals surface area contributed by atoms with Crippen LogP contribution in [0.15, 0.2) is 30.5 Å². The van der Waals surface area contributed by atoms with E-state index >= 15 is 0 Å². The number of hydrogen-bond acceptors (Lipinski definition) is 2. The number of benzene rings is 1. The molecular formula is C16H20ClN3. The van der Waals surface area contributed by atoms with Gasteiger partial charge in [0, 0.05) is 25.6 Å². The van der Waals surface area contributed by atoms with Crippen molar-refractivity contribution in [3.63, 3.8) is 0 Å². The Balaban J connectivity index is 1.87. The molecule has 20 heavy (non-hydrogen) atoms. The normalized spacial score (nSPS) is 18.0. The maximum Gasteiger partial charge on any atom is 0.0818 e. The largest absolute Gasteiger partial charge is 0.312 e. The number of nitrogens with one attached hydrogen (secondary N) is 1. The topological polar surface area (TPSA) is 29.9 Å². The van der Waals surface area contributed by atoms with Crippen molar-refractivity contribution >= 4 is 11.6 Å². The van der Waals surface area contributed by atoms with Gasteiger partial charge in [0.05, 0.1) is 16.9 Å². The third-order valence-corrected chi connectivity index (χ3v) is 4.29. The first-order valence-electron chi connectivity index (χ1n) is 7.28. The molecule has 1 aromatic heterocycles. The minimum absolute atomic E-state index is 0.477. The molecule has 1 unspecified atom stereocenters. The summed E-state index contributed by atoms with van der Waals surface area (Å²) in [5, 5.41) is 8.69. The lowest BCUT2D eigenvalue weighted by Gasteiger charge is -2.26. The van der Waals surface area contributed by atoms with Crippen LogP contribution in [0, 0.1) is 0 Å². The molecule has 0 amide bonds. The van der Waals surface area contributed by atoms with Gasteiger partial charge in [0.15, 0.2) is 0 Å². The van der Waals surface area contributed by atoms with E-state index in [1.165, 1.54) is 11.1 Å². The van der Waals surface area contributed by atoms with Gasteiger partial charge in [0.2, 0.25) is 0 Å². The zero-order chi connectivity index (χ0) is 13.9. The van der Waals surface area contributed by atoms with E-state index in [1.54, 1.807) is 6.20 Å². The first-order valence-corrected chi connectivity index (χ1v) is 7.66. The number of nitrogens with zero attached hydrogens (tertiary/aromatic N) is 2. The van der Waals surface area contributed by atoms with Crippen LogP contribution in [0.2, 0.25) is 5.02 Å². The molecule has 0 fully saturated rings. The fourth-order valence-corrected chi connectivity index (χ4v) is 3.21. The summed E-state index contributed by atoms with van der Waals surface area (Å²) in [7, 11) is 0. The zero-order valence-electron chi connectivity index (χ0n) is 11.8. The van der Waals surface area contributed by atoms with E-state index in [1.807, 2.05) is 0 Å². The third-order valence-electron chi connectivity index (χ3n) is 3.97. The average Bonchev–Trinajstić information content (AvgIpc) is 2.81. The molecule has 1 aromatic carbocycles. The minimum atomic E-state index is 0.477. The Kier molecular flexibility index (Phi) is 4.08.